The number of methoxy groups -OCH3 is 1. The number of nitrogens with zero attached hydrogens (tertiary/aromatic N) is 1. The van der Waals surface area contributed by atoms with E-state index < -0.39 is 24.0 Å². The van der Waals surface area contributed by atoms with Gasteiger partial charge in [-0.15, -0.1) is 0 Å². The predicted molar refractivity (Wildman–Crippen MR) is 81.5 cm³/mol. The van der Waals surface area contributed by atoms with Gasteiger partial charge in [0.05, 0.1) is 17.8 Å². The van der Waals surface area contributed by atoms with Crippen LogP contribution in [0.25, 0.3) is 6.08 Å². The summed E-state index contributed by atoms with van der Waals surface area (Å²) in [4.78, 5) is 0. The Kier molecular flexibility index (Phi) is 4.61. The lowest BCUT2D eigenvalue weighted by molar-refractivity contribution is 0.00578. The molecule has 0 unspecified atom stereocenters. The van der Waals surface area contributed by atoms with Crippen LogP contribution >= 0.6 is 0 Å². The van der Waals surface area contributed by atoms with Crippen LogP contribution in [0.15, 0.2) is 24.1 Å². The van der Waals surface area contributed by atoms with E-state index in [0.717, 1.165) is 5.69 Å². The molecule has 2 rings (SSSR count). The van der Waals surface area contributed by atoms with Crippen LogP contribution in [0.2, 0.25) is 0 Å². The molecule has 1 aromatic rings. The van der Waals surface area contributed by atoms with Crippen LogP contribution in [-0.2, 0) is 20.6 Å². The summed E-state index contributed by atoms with van der Waals surface area (Å²) in [5.41, 5.74) is -0.743. The van der Waals surface area contributed by atoms with Crippen LogP contribution in [0.4, 0.5) is 4.39 Å². The predicted octanol–water partition coefficient (Wildman–Crippen LogP) is 3.08. The van der Waals surface area contributed by atoms with Gasteiger partial charge >= 0.3 is 7.12 Å². The molecule has 0 aliphatic carbocycles. The highest BCUT2D eigenvalue weighted by Gasteiger charge is 2.53. The summed E-state index contributed by atoms with van der Waals surface area (Å²) in [7, 11) is 0.685. The lowest BCUT2D eigenvalue weighted by Crippen LogP contribution is -2.41. The molecular formula is C15H23BFNO3. The van der Waals surface area contributed by atoms with Crippen LogP contribution in [0.1, 0.15) is 33.4 Å². The molecule has 0 saturated carbocycles. The Balaban J connectivity index is 2.14. The third-order valence-corrected chi connectivity index (χ3v) is 4.17. The summed E-state index contributed by atoms with van der Waals surface area (Å²) in [6.07, 6.45) is 3.35. The minimum atomic E-state index is -0.958. The first-order valence-corrected chi connectivity index (χ1v) is 7.13. The quantitative estimate of drug-likeness (QED) is 0.783. The van der Waals surface area contributed by atoms with E-state index >= 15 is 0 Å². The first-order chi connectivity index (χ1) is 9.77. The molecule has 1 aromatic heterocycles. The van der Waals surface area contributed by atoms with Gasteiger partial charge in [-0.05, 0) is 45.9 Å². The molecule has 1 fully saturated rings. The number of aromatic nitrogens is 1. The number of rotatable bonds is 5. The van der Waals surface area contributed by atoms with Gasteiger partial charge in [0.15, 0.2) is 0 Å². The summed E-state index contributed by atoms with van der Waals surface area (Å²) in [5.74, 6) is 0. The zero-order chi connectivity index (χ0) is 15.7. The molecule has 0 amide bonds. The topological polar surface area (TPSA) is 32.6 Å². The molecule has 4 nitrogen and oxygen atoms in total. The molecule has 0 N–H and O–H groups in total. The van der Waals surface area contributed by atoms with Gasteiger partial charge in [0.1, 0.15) is 5.73 Å². The number of hydrogen-bond donors (Lipinski definition) is 0. The van der Waals surface area contributed by atoms with Crippen molar-refractivity contribution in [3.63, 3.8) is 0 Å². The number of ether oxygens (including phenoxy) is 1. The molecule has 1 saturated heterocycles. The Bertz CT molecular complexity index is 509. The Labute approximate surface area is 126 Å². The van der Waals surface area contributed by atoms with Gasteiger partial charge in [-0.3, -0.25) is 0 Å². The van der Waals surface area contributed by atoms with E-state index in [0.29, 0.717) is 13.2 Å². The maximum absolute atomic E-state index is 14.4. The molecule has 2 heterocycles. The third kappa shape index (κ3) is 3.39. The van der Waals surface area contributed by atoms with Crippen molar-refractivity contribution in [1.29, 1.82) is 0 Å². The van der Waals surface area contributed by atoms with Crippen LogP contribution in [-0.4, -0.2) is 36.6 Å². The fourth-order valence-electron chi connectivity index (χ4n) is 2.12. The first kappa shape index (κ1) is 16.3. The maximum Gasteiger partial charge on any atom is 0.525 e. The van der Waals surface area contributed by atoms with Crippen molar-refractivity contribution in [3.8, 4) is 0 Å². The van der Waals surface area contributed by atoms with E-state index in [1.807, 2.05) is 50.6 Å². The minimum Gasteiger partial charge on any atom is -0.398 e. The average Bonchev–Trinajstić information content (AvgIpc) is 2.90. The highest BCUT2D eigenvalue weighted by Crippen LogP contribution is 2.39. The van der Waals surface area contributed by atoms with Crippen molar-refractivity contribution in [1.82, 2.24) is 4.57 Å². The normalized spacial score (nSPS) is 21.0. The minimum absolute atomic E-state index is 0.425. The Morgan fingerprint density at radius 3 is 2.52 bits per heavy atom. The van der Waals surface area contributed by atoms with Gasteiger partial charge < -0.3 is 18.6 Å². The second-order valence-corrected chi connectivity index (χ2v) is 6.24. The van der Waals surface area contributed by atoms with E-state index in [-0.39, 0.29) is 0 Å². The van der Waals surface area contributed by atoms with Gasteiger partial charge in [0, 0.05) is 25.5 Å². The molecule has 6 heteroatoms. The Morgan fingerprint density at radius 1 is 1.33 bits per heavy atom. The highest BCUT2D eigenvalue weighted by molar-refractivity contribution is 6.54. The van der Waals surface area contributed by atoms with E-state index in [4.69, 9.17) is 14.0 Å². The molecule has 0 spiro atoms. The smallest absolute Gasteiger partial charge is 0.398 e. The molecule has 0 bridgehead atoms. The number of halogens is 1. The van der Waals surface area contributed by atoms with Crippen LogP contribution in [0.3, 0.4) is 0 Å². The molecule has 0 radical (unpaired) electrons. The zero-order valence-electron chi connectivity index (χ0n) is 13.4. The fraction of sp³-hybridized carbons (Fsp3) is 0.600. The maximum atomic E-state index is 14.4. The van der Waals surface area contributed by atoms with E-state index in [1.165, 1.54) is 6.08 Å². The van der Waals surface area contributed by atoms with Crippen molar-refractivity contribution in [3.05, 3.63) is 29.7 Å². The van der Waals surface area contributed by atoms with Crippen LogP contribution in [0.5, 0.6) is 0 Å². The molecule has 1 aliphatic heterocycles. The SMILES string of the molecule is COCCn1cccc1C=C(F)B1OC(C)(C)C(C)(C)O1. The summed E-state index contributed by atoms with van der Waals surface area (Å²) in [6.45, 7) is 8.87. The van der Waals surface area contributed by atoms with Gasteiger partial charge in [0.2, 0.25) is 0 Å². The summed E-state index contributed by atoms with van der Waals surface area (Å²) < 4.78 is 32.8. The summed E-state index contributed by atoms with van der Waals surface area (Å²) in [5, 5.41) is 0. The van der Waals surface area contributed by atoms with Gasteiger partial charge in [-0.25, -0.2) is 4.39 Å². The monoisotopic (exact) mass is 295 g/mol. The molecule has 1 aliphatic rings. The van der Waals surface area contributed by atoms with Crippen molar-refractivity contribution >= 4 is 13.2 Å². The van der Waals surface area contributed by atoms with Gasteiger partial charge in [-0.2, -0.15) is 0 Å². The van der Waals surface area contributed by atoms with E-state index in [2.05, 4.69) is 0 Å². The Hall–Kier alpha value is -1.11. The second-order valence-electron chi connectivity index (χ2n) is 6.24. The van der Waals surface area contributed by atoms with Gasteiger partial charge in [0.25, 0.3) is 0 Å². The molecular weight excluding hydrogens is 272 g/mol. The lowest BCUT2D eigenvalue weighted by Gasteiger charge is -2.32. The standard InChI is InChI=1S/C15H23BFNO3/c1-14(2)15(3,4)21-16(20-14)13(17)11-12-7-6-8-18(12)9-10-19-5/h6-8,11H,9-10H2,1-5H3. The van der Waals surface area contributed by atoms with E-state index in [1.54, 1.807) is 7.11 Å². The van der Waals surface area contributed by atoms with Crippen LogP contribution < -0.4 is 0 Å². The lowest BCUT2D eigenvalue weighted by atomic mass is 9.87. The van der Waals surface area contributed by atoms with Crippen molar-refractivity contribution in [2.24, 2.45) is 0 Å². The average molecular weight is 295 g/mol. The van der Waals surface area contributed by atoms with E-state index in [9.17, 15) is 4.39 Å². The first-order valence-electron chi connectivity index (χ1n) is 7.13. The molecule has 21 heavy (non-hydrogen) atoms. The van der Waals surface area contributed by atoms with Crippen molar-refractivity contribution in [2.75, 3.05) is 13.7 Å². The summed E-state index contributed by atoms with van der Waals surface area (Å²) >= 11 is 0. The summed E-state index contributed by atoms with van der Waals surface area (Å²) in [6, 6.07) is 3.72. The van der Waals surface area contributed by atoms with Crippen LogP contribution in [0, 0.1) is 0 Å². The highest BCUT2D eigenvalue weighted by atomic mass is 19.1. The molecule has 0 atom stereocenters. The second kappa shape index (κ2) is 5.95. The fourth-order valence-corrected chi connectivity index (χ4v) is 2.12. The number of hydrogen-bond acceptors (Lipinski definition) is 3. The van der Waals surface area contributed by atoms with Crippen molar-refractivity contribution < 1.29 is 18.4 Å². The Morgan fingerprint density at radius 2 is 1.95 bits per heavy atom. The van der Waals surface area contributed by atoms with Crippen molar-refractivity contribution in [2.45, 2.75) is 45.4 Å². The largest absolute Gasteiger partial charge is 0.525 e. The molecule has 0 aromatic carbocycles. The van der Waals surface area contributed by atoms with Gasteiger partial charge in [-0.1, -0.05) is 0 Å². The zero-order valence-corrected chi connectivity index (χ0v) is 13.4. The third-order valence-electron chi connectivity index (χ3n) is 4.17. The molecule has 116 valence electrons.